The first kappa shape index (κ1) is 25.1. The molecule has 1 saturated carbocycles. The van der Waals surface area contributed by atoms with E-state index in [2.05, 4.69) is 24.1 Å². The summed E-state index contributed by atoms with van der Waals surface area (Å²) in [7, 11) is 0. The Balaban J connectivity index is 1.37. The van der Waals surface area contributed by atoms with Gasteiger partial charge in [-0.05, 0) is 75.3 Å². The molecule has 5 rings (SSSR count). The van der Waals surface area contributed by atoms with Crippen LogP contribution in [0.1, 0.15) is 76.2 Å². The predicted octanol–water partition coefficient (Wildman–Crippen LogP) is 4.78. The molecule has 4 heterocycles. The summed E-state index contributed by atoms with van der Waals surface area (Å²) in [4.78, 5) is 32.1. The third-order valence-electron chi connectivity index (χ3n) is 8.51. The van der Waals surface area contributed by atoms with Crippen molar-refractivity contribution in [3.63, 3.8) is 0 Å². The van der Waals surface area contributed by atoms with E-state index in [9.17, 15) is 9.59 Å². The van der Waals surface area contributed by atoms with E-state index in [0.29, 0.717) is 36.4 Å². The van der Waals surface area contributed by atoms with Crippen LogP contribution in [0.2, 0.25) is 0 Å². The van der Waals surface area contributed by atoms with Crippen LogP contribution in [0.3, 0.4) is 0 Å². The van der Waals surface area contributed by atoms with Gasteiger partial charge in [-0.2, -0.15) is 0 Å². The van der Waals surface area contributed by atoms with Crippen molar-refractivity contribution in [3.05, 3.63) is 36.2 Å². The molecule has 1 aliphatic carbocycles. The van der Waals surface area contributed by atoms with Crippen molar-refractivity contribution in [1.29, 1.82) is 0 Å². The molecule has 0 unspecified atom stereocenters. The molecular formula is C29H42N4O3. The van der Waals surface area contributed by atoms with E-state index in [1.54, 1.807) is 6.26 Å². The average molecular weight is 495 g/mol. The molecule has 3 atom stereocenters. The van der Waals surface area contributed by atoms with E-state index < -0.39 is 5.54 Å². The first-order valence-corrected chi connectivity index (χ1v) is 13.9. The maximum Gasteiger partial charge on any atom is 0.271 e. The molecule has 2 aromatic rings. The van der Waals surface area contributed by atoms with E-state index in [4.69, 9.17) is 4.42 Å². The van der Waals surface area contributed by atoms with Crippen LogP contribution in [0, 0.1) is 11.8 Å². The monoisotopic (exact) mass is 494 g/mol. The summed E-state index contributed by atoms with van der Waals surface area (Å²) in [5.74, 6) is 2.03. The van der Waals surface area contributed by atoms with Gasteiger partial charge in [-0.1, -0.05) is 33.1 Å². The van der Waals surface area contributed by atoms with Crippen molar-refractivity contribution in [2.24, 2.45) is 11.8 Å². The van der Waals surface area contributed by atoms with Crippen molar-refractivity contribution in [1.82, 2.24) is 19.7 Å². The molecule has 3 aliphatic rings. The van der Waals surface area contributed by atoms with Gasteiger partial charge in [0, 0.05) is 25.7 Å². The third kappa shape index (κ3) is 4.99. The van der Waals surface area contributed by atoms with Crippen LogP contribution in [0.5, 0.6) is 0 Å². The van der Waals surface area contributed by atoms with E-state index in [1.165, 1.54) is 12.8 Å². The zero-order valence-corrected chi connectivity index (χ0v) is 22.2. The van der Waals surface area contributed by atoms with E-state index in [0.717, 1.165) is 57.4 Å². The number of fused-ring (bicyclic) bond motifs is 1. The molecule has 7 nitrogen and oxygen atoms in total. The Morgan fingerprint density at radius 3 is 2.47 bits per heavy atom. The second-order valence-corrected chi connectivity index (χ2v) is 11.8. The molecule has 196 valence electrons. The minimum atomic E-state index is -0.954. The van der Waals surface area contributed by atoms with E-state index >= 15 is 0 Å². The van der Waals surface area contributed by atoms with Crippen LogP contribution < -0.4 is 5.32 Å². The highest BCUT2D eigenvalue weighted by Gasteiger charge is 2.48. The maximum atomic E-state index is 13.9. The highest BCUT2D eigenvalue weighted by atomic mass is 16.3. The number of carbonyl (C=O) groups is 2. The second-order valence-electron chi connectivity index (χ2n) is 11.8. The number of piperidine rings is 1. The predicted molar refractivity (Wildman–Crippen MR) is 141 cm³/mol. The molecule has 0 aromatic carbocycles. The molecule has 1 N–H and O–H groups in total. The standard InChI is InChI=1S/C29H42N4O3/c1-21-17-22(2)19-31(18-21)14-8-15-33-27(34)25-13-12-24(26-11-7-16-36-26)32(25)20-29(33,3)28(35)30-23-9-5-4-6-10-23/h7,11-13,16,21-23H,4-6,8-10,14-15,17-20H2,1-3H3,(H,30,35)/t21-,22+,29-/m0/s1. The Kier molecular flexibility index (Phi) is 7.29. The smallest absolute Gasteiger partial charge is 0.271 e. The molecule has 2 aromatic heterocycles. The Bertz CT molecular complexity index is 1040. The molecule has 2 amide bonds. The fourth-order valence-corrected chi connectivity index (χ4v) is 6.78. The zero-order valence-electron chi connectivity index (χ0n) is 22.2. The number of carbonyl (C=O) groups excluding carboxylic acids is 2. The van der Waals surface area contributed by atoms with Crippen LogP contribution in [0.15, 0.2) is 34.9 Å². The quantitative estimate of drug-likeness (QED) is 0.601. The van der Waals surface area contributed by atoms with Crippen LogP contribution in [-0.2, 0) is 11.3 Å². The largest absolute Gasteiger partial charge is 0.463 e. The van der Waals surface area contributed by atoms with Gasteiger partial charge >= 0.3 is 0 Å². The van der Waals surface area contributed by atoms with Gasteiger partial charge in [0.15, 0.2) is 0 Å². The van der Waals surface area contributed by atoms with Gasteiger partial charge in [-0.25, -0.2) is 0 Å². The third-order valence-corrected chi connectivity index (χ3v) is 8.51. The van der Waals surface area contributed by atoms with Gasteiger partial charge in [-0.3, -0.25) is 9.59 Å². The topological polar surface area (TPSA) is 70.7 Å². The van der Waals surface area contributed by atoms with E-state index in [1.807, 2.05) is 40.7 Å². The number of hydrogen-bond donors (Lipinski definition) is 1. The molecule has 0 spiro atoms. The molecule has 0 bridgehead atoms. The number of furan rings is 1. The first-order chi connectivity index (χ1) is 17.3. The van der Waals surface area contributed by atoms with Crippen LogP contribution >= 0.6 is 0 Å². The Hall–Kier alpha value is -2.54. The van der Waals surface area contributed by atoms with Gasteiger partial charge < -0.3 is 24.1 Å². The summed E-state index contributed by atoms with van der Waals surface area (Å²) in [5.41, 5.74) is 0.519. The minimum Gasteiger partial charge on any atom is -0.463 e. The number of rotatable bonds is 7. The zero-order chi connectivity index (χ0) is 25.3. The number of amides is 2. The van der Waals surface area contributed by atoms with Crippen molar-refractivity contribution in [2.45, 2.75) is 83.8 Å². The molecule has 2 aliphatic heterocycles. The average Bonchev–Trinajstić information content (AvgIpc) is 3.51. The number of aromatic nitrogens is 1. The van der Waals surface area contributed by atoms with Crippen molar-refractivity contribution in [3.8, 4) is 11.5 Å². The van der Waals surface area contributed by atoms with Crippen molar-refractivity contribution in [2.75, 3.05) is 26.2 Å². The van der Waals surface area contributed by atoms with Gasteiger partial charge in [-0.15, -0.1) is 0 Å². The summed E-state index contributed by atoms with van der Waals surface area (Å²) in [6.45, 7) is 10.8. The Morgan fingerprint density at radius 2 is 1.78 bits per heavy atom. The molecular weight excluding hydrogens is 452 g/mol. The van der Waals surface area contributed by atoms with Crippen LogP contribution in [0.4, 0.5) is 0 Å². The van der Waals surface area contributed by atoms with Gasteiger partial charge in [0.2, 0.25) is 5.91 Å². The minimum absolute atomic E-state index is 0.0345. The second kappa shape index (κ2) is 10.4. The van der Waals surface area contributed by atoms with Gasteiger partial charge in [0.25, 0.3) is 5.91 Å². The number of hydrogen-bond acceptors (Lipinski definition) is 4. The normalized spacial score (nSPS) is 27.8. The fraction of sp³-hybridized carbons (Fsp3) is 0.655. The lowest BCUT2D eigenvalue weighted by Gasteiger charge is -2.45. The number of nitrogens with one attached hydrogen (secondary N) is 1. The number of likely N-dealkylation sites (tertiary alicyclic amines) is 1. The van der Waals surface area contributed by atoms with Crippen molar-refractivity contribution < 1.29 is 14.0 Å². The van der Waals surface area contributed by atoms with Gasteiger partial charge in [0.05, 0.1) is 18.5 Å². The summed E-state index contributed by atoms with van der Waals surface area (Å²) < 4.78 is 7.63. The SMILES string of the molecule is C[C@@H]1C[C@H](C)CN(CCCN2C(=O)c3ccc(-c4ccco4)n3C[C@@]2(C)C(=O)NC2CCCCC2)C1. The molecule has 7 heteroatoms. The lowest BCUT2D eigenvalue weighted by Crippen LogP contribution is -2.65. The molecule has 36 heavy (non-hydrogen) atoms. The van der Waals surface area contributed by atoms with Crippen LogP contribution in [0.25, 0.3) is 11.5 Å². The maximum absolute atomic E-state index is 13.9. The Morgan fingerprint density at radius 1 is 1.06 bits per heavy atom. The Labute approximate surface area is 215 Å². The summed E-state index contributed by atoms with van der Waals surface area (Å²) in [6, 6.07) is 7.76. The van der Waals surface area contributed by atoms with Gasteiger partial charge in [0.1, 0.15) is 17.0 Å². The van der Waals surface area contributed by atoms with E-state index in [-0.39, 0.29) is 17.9 Å². The lowest BCUT2D eigenvalue weighted by molar-refractivity contribution is -0.133. The molecule has 1 saturated heterocycles. The molecule has 2 fully saturated rings. The lowest BCUT2D eigenvalue weighted by atomic mass is 9.91. The summed E-state index contributed by atoms with van der Waals surface area (Å²) >= 11 is 0. The highest BCUT2D eigenvalue weighted by molar-refractivity contribution is 6.00. The summed E-state index contributed by atoms with van der Waals surface area (Å²) in [6.07, 6.45) is 9.38. The van der Waals surface area contributed by atoms with Crippen molar-refractivity contribution >= 4 is 11.8 Å². The first-order valence-electron chi connectivity index (χ1n) is 13.9. The molecule has 0 radical (unpaired) electrons. The highest BCUT2D eigenvalue weighted by Crippen LogP contribution is 2.34. The number of nitrogens with zero attached hydrogens (tertiary/aromatic N) is 3. The van der Waals surface area contributed by atoms with Crippen LogP contribution in [-0.4, -0.2) is 63.9 Å². The fourth-order valence-electron chi connectivity index (χ4n) is 6.78. The summed E-state index contributed by atoms with van der Waals surface area (Å²) in [5, 5.41) is 3.33.